The summed E-state index contributed by atoms with van der Waals surface area (Å²) in [7, 11) is 0. The molecule has 1 N–H and O–H groups in total. The lowest BCUT2D eigenvalue weighted by Gasteiger charge is -2.24. The Morgan fingerprint density at radius 3 is 2.46 bits per heavy atom. The molecule has 1 saturated carbocycles. The Morgan fingerprint density at radius 1 is 1.19 bits per heavy atom. The molecule has 0 aliphatic heterocycles. The highest BCUT2D eigenvalue weighted by molar-refractivity contribution is 5.87. The van der Waals surface area contributed by atoms with E-state index in [1.165, 1.54) is 6.42 Å². The second kappa shape index (κ2) is 8.13. The molecule has 1 heterocycles. The van der Waals surface area contributed by atoms with Crippen molar-refractivity contribution >= 4 is 16.9 Å². The first kappa shape index (κ1) is 18.1. The van der Waals surface area contributed by atoms with E-state index >= 15 is 0 Å². The van der Waals surface area contributed by atoms with Crippen LogP contribution in [0, 0.1) is 11.3 Å². The highest BCUT2D eigenvalue weighted by atomic mass is 16.5. The van der Waals surface area contributed by atoms with E-state index in [0.29, 0.717) is 11.0 Å². The maximum absolute atomic E-state index is 12.8. The van der Waals surface area contributed by atoms with Crippen molar-refractivity contribution in [2.75, 3.05) is 0 Å². The number of carbonyl (C=O) groups excluding carboxylic acids is 1. The Bertz CT molecular complexity index is 822. The molecule has 1 fully saturated rings. The van der Waals surface area contributed by atoms with Gasteiger partial charge in [0.25, 0.3) is 0 Å². The lowest BCUT2D eigenvalue weighted by Crippen LogP contribution is -2.39. The number of nitrogens with one attached hydrogen (secondary N) is 1. The van der Waals surface area contributed by atoms with E-state index < -0.39 is 5.92 Å². The quantitative estimate of drug-likeness (QED) is 0.890. The number of ether oxygens (including phenoxy) is 1. The molecular weight excluding hydrogens is 328 g/mol. The molecule has 0 unspecified atom stereocenters. The van der Waals surface area contributed by atoms with E-state index in [1.54, 1.807) is 0 Å². The molecule has 1 aliphatic rings. The van der Waals surface area contributed by atoms with Crippen LogP contribution in [-0.4, -0.2) is 28.0 Å². The molecule has 2 aromatic rings. The van der Waals surface area contributed by atoms with Gasteiger partial charge in [-0.3, -0.25) is 4.79 Å². The molecule has 1 aromatic heterocycles. The van der Waals surface area contributed by atoms with Crippen molar-refractivity contribution in [3.05, 3.63) is 30.0 Å². The minimum Gasteiger partial charge on any atom is -0.474 e. The highest BCUT2D eigenvalue weighted by Gasteiger charge is 2.29. The number of nitrogens with zero attached hydrogens (tertiary/aromatic N) is 3. The number of benzene rings is 1. The summed E-state index contributed by atoms with van der Waals surface area (Å²) in [6.07, 6.45) is 5.21. The Balaban J connectivity index is 1.93. The smallest absolute Gasteiger partial charge is 0.243 e. The maximum Gasteiger partial charge on any atom is 0.243 e. The molecule has 6 nitrogen and oxygen atoms in total. The summed E-state index contributed by atoms with van der Waals surface area (Å²) in [6, 6.07) is 9.60. The average molecular weight is 352 g/mol. The van der Waals surface area contributed by atoms with Crippen molar-refractivity contribution in [3.8, 4) is 11.9 Å². The summed E-state index contributed by atoms with van der Waals surface area (Å²) >= 11 is 0. The number of hydrogen-bond acceptors (Lipinski definition) is 5. The molecule has 0 spiro atoms. The van der Waals surface area contributed by atoms with Crippen LogP contribution >= 0.6 is 0 Å². The van der Waals surface area contributed by atoms with Crippen LogP contribution in [0.5, 0.6) is 5.88 Å². The van der Waals surface area contributed by atoms with Gasteiger partial charge in [-0.2, -0.15) is 5.26 Å². The van der Waals surface area contributed by atoms with Crippen LogP contribution < -0.4 is 10.1 Å². The van der Waals surface area contributed by atoms with Crippen molar-refractivity contribution in [2.24, 2.45) is 0 Å². The zero-order chi connectivity index (χ0) is 18.5. The fourth-order valence-electron chi connectivity index (χ4n) is 3.27. The molecule has 26 heavy (non-hydrogen) atoms. The number of amides is 1. The van der Waals surface area contributed by atoms with Crippen molar-refractivity contribution in [1.82, 2.24) is 15.3 Å². The summed E-state index contributed by atoms with van der Waals surface area (Å²) in [5.41, 5.74) is 1.61. The third kappa shape index (κ3) is 4.10. The number of aromatic nitrogens is 2. The summed E-state index contributed by atoms with van der Waals surface area (Å²) in [5, 5.41) is 12.7. The first-order chi connectivity index (χ1) is 12.6. The largest absolute Gasteiger partial charge is 0.474 e. The summed E-state index contributed by atoms with van der Waals surface area (Å²) in [4.78, 5) is 21.8. The van der Waals surface area contributed by atoms with Gasteiger partial charge in [0.15, 0.2) is 5.92 Å². The number of nitriles is 1. The fraction of sp³-hybridized carbons (Fsp3) is 0.500. The van der Waals surface area contributed by atoms with Crippen molar-refractivity contribution in [1.29, 1.82) is 5.26 Å². The van der Waals surface area contributed by atoms with Crippen molar-refractivity contribution in [2.45, 2.75) is 64.0 Å². The van der Waals surface area contributed by atoms with Crippen LogP contribution in [0.4, 0.5) is 0 Å². The second-order valence-corrected chi connectivity index (χ2v) is 6.97. The number of fused-ring (bicyclic) bond motifs is 1. The van der Waals surface area contributed by atoms with E-state index in [9.17, 15) is 10.1 Å². The minimum atomic E-state index is -1.04. The molecule has 0 radical (unpaired) electrons. The lowest BCUT2D eigenvalue weighted by molar-refractivity contribution is -0.122. The van der Waals surface area contributed by atoms with Crippen LogP contribution in [-0.2, 0) is 4.79 Å². The molecule has 3 rings (SSSR count). The molecule has 136 valence electrons. The zero-order valence-corrected chi connectivity index (χ0v) is 15.2. The Labute approximate surface area is 153 Å². The molecule has 0 saturated heterocycles. The Kier molecular flexibility index (Phi) is 5.67. The van der Waals surface area contributed by atoms with Crippen molar-refractivity contribution < 1.29 is 9.53 Å². The number of rotatable bonds is 5. The van der Waals surface area contributed by atoms with Crippen LogP contribution in [0.15, 0.2) is 24.3 Å². The lowest BCUT2D eigenvalue weighted by atomic mass is 9.94. The van der Waals surface area contributed by atoms with E-state index in [0.717, 1.165) is 25.7 Å². The SMILES string of the molecule is CC(C)Oc1nc2ccccc2nc1[C@H](C#N)C(=O)NC1CCCCC1. The number of carbonyl (C=O) groups is 1. The van der Waals surface area contributed by atoms with Crippen LogP contribution in [0.3, 0.4) is 0 Å². The van der Waals surface area contributed by atoms with Crippen LogP contribution in [0.2, 0.25) is 0 Å². The molecule has 6 heteroatoms. The summed E-state index contributed by atoms with van der Waals surface area (Å²) < 4.78 is 5.77. The van der Waals surface area contributed by atoms with E-state index in [2.05, 4.69) is 21.4 Å². The van der Waals surface area contributed by atoms with Gasteiger partial charge in [0.2, 0.25) is 11.8 Å². The predicted octanol–water partition coefficient (Wildman–Crippen LogP) is 3.47. The van der Waals surface area contributed by atoms with Gasteiger partial charge >= 0.3 is 0 Å². The Hall–Kier alpha value is -2.68. The molecule has 1 amide bonds. The zero-order valence-electron chi connectivity index (χ0n) is 15.2. The maximum atomic E-state index is 12.8. The monoisotopic (exact) mass is 352 g/mol. The van der Waals surface area contributed by atoms with Gasteiger partial charge in [-0.25, -0.2) is 9.97 Å². The van der Waals surface area contributed by atoms with Gasteiger partial charge in [0.05, 0.1) is 23.2 Å². The second-order valence-electron chi connectivity index (χ2n) is 6.97. The van der Waals surface area contributed by atoms with E-state index in [4.69, 9.17) is 4.74 Å². The van der Waals surface area contributed by atoms with Crippen LogP contribution in [0.1, 0.15) is 57.6 Å². The third-order valence-corrected chi connectivity index (χ3v) is 4.53. The van der Waals surface area contributed by atoms with Crippen molar-refractivity contribution in [3.63, 3.8) is 0 Å². The molecule has 0 bridgehead atoms. The number of para-hydroxylation sites is 2. The molecule has 1 atom stereocenters. The van der Waals surface area contributed by atoms with Gasteiger partial charge in [0, 0.05) is 6.04 Å². The van der Waals surface area contributed by atoms with E-state index in [1.807, 2.05) is 38.1 Å². The Morgan fingerprint density at radius 2 is 1.85 bits per heavy atom. The molecule has 1 aromatic carbocycles. The summed E-state index contributed by atoms with van der Waals surface area (Å²) in [6.45, 7) is 3.76. The van der Waals surface area contributed by atoms with Gasteiger partial charge in [-0.1, -0.05) is 31.4 Å². The molecule has 1 aliphatic carbocycles. The predicted molar refractivity (Wildman–Crippen MR) is 98.7 cm³/mol. The minimum absolute atomic E-state index is 0.134. The average Bonchev–Trinajstić information content (AvgIpc) is 2.63. The normalized spacial score (nSPS) is 16.2. The summed E-state index contributed by atoms with van der Waals surface area (Å²) in [5.74, 6) is -1.11. The molecular formula is C20H24N4O2. The first-order valence-corrected chi connectivity index (χ1v) is 9.22. The topological polar surface area (TPSA) is 87.9 Å². The van der Waals surface area contributed by atoms with Gasteiger partial charge in [-0.05, 0) is 38.8 Å². The fourth-order valence-corrected chi connectivity index (χ4v) is 3.27. The highest BCUT2D eigenvalue weighted by Crippen LogP contribution is 2.27. The van der Waals surface area contributed by atoms with E-state index in [-0.39, 0.29) is 29.6 Å². The van der Waals surface area contributed by atoms with Gasteiger partial charge in [0.1, 0.15) is 5.69 Å². The first-order valence-electron chi connectivity index (χ1n) is 9.22. The van der Waals surface area contributed by atoms with Crippen LogP contribution in [0.25, 0.3) is 11.0 Å². The van der Waals surface area contributed by atoms with Gasteiger partial charge in [-0.15, -0.1) is 0 Å². The number of hydrogen-bond donors (Lipinski definition) is 1. The standard InChI is InChI=1S/C20H24N4O2/c1-13(2)26-20-18(23-16-10-6-7-11-17(16)24-20)15(12-21)19(25)22-14-8-4-3-5-9-14/h6-7,10-11,13-15H,3-5,8-9H2,1-2H3,(H,22,25)/t15-/m0/s1. The van der Waals surface area contributed by atoms with Gasteiger partial charge < -0.3 is 10.1 Å². The third-order valence-electron chi connectivity index (χ3n) is 4.53.